The molecule has 1 unspecified atom stereocenters. The Morgan fingerprint density at radius 3 is 2.52 bits per heavy atom. The molecule has 2 heterocycles. The van der Waals surface area contributed by atoms with Crippen LogP contribution in [0.25, 0.3) is 0 Å². The van der Waals surface area contributed by atoms with Crippen LogP contribution in [0.5, 0.6) is 0 Å². The second-order valence-corrected chi connectivity index (χ2v) is 9.51. The molecule has 0 spiro atoms. The lowest BCUT2D eigenvalue weighted by molar-refractivity contribution is -0.132. The number of anilines is 1. The quantitative estimate of drug-likeness (QED) is 0.787. The average molecular weight is 412 g/mol. The van der Waals surface area contributed by atoms with Crippen LogP contribution >= 0.6 is 11.3 Å². The number of hydrogen-bond acceptors (Lipinski definition) is 4. The maximum Gasteiger partial charge on any atom is 0.251 e. The summed E-state index contributed by atoms with van der Waals surface area (Å²) in [5.74, 6) is -0.165. The number of benzene rings is 1. The fraction of sp³-hybridized carbons (Fsp3) is 0.478. The number of nitrogens with zero attached hydrogens (tertiary/aromatic N) is 1. The van der Waals surface area contributed by atoms with E-state index in [4.69, 9.17) is 11.5 Å². The highest BCUT2D eigenvalue weighted by Gasteiger charge is 2.39. The zero-order valence-corrected chi connectivity index (χ0v) is 17.6. The molecule has 1 aromatic heterocycles. The number of nitrogens with two attached hydrogens (primary N) is 2. The molecule has 1 aliphatic carbocycles. The van der Waals surface area contributed by atoms with Gasteiger partial charge < -0.3 is 16.4 Å². The molecule has 6 heteroatoms. The molecule has 0 saturated carbocycles. The number of rotatable bonds is 5. The monoisotopic (exact) mass is 411 g/mol. The number of amides is 2. The van der Waals surface area contributed by atoms with Crippen molar-refractivity contribution >= 4 is 28.2 Å². The van der Waals surface area contributed by atoms with Gasteiger partial charge in [0.05, 0.1) is 10.6 Å². The van der Waals surface area contributed by atoms with Gasteiger partial charge in [-0.05, 0) is 56.1 Å². The topological polar surface area (TPSA) is 89.4 Å². The van der Waals surface area contributed by atoms with Crippen LogP contribution in [-0.4, -0.2) is 29.8 Å². The fourth-order valence-electron chi connectivity index (χ4n) is 5.01. The highest BCUT2D eigenvalue weighted by Crippen LogP contribution is 2.46. The molecular weight excluding hydrogens is 382 g/mol. The SMILES string of the molecule is NC(=O)c1c(N)sc2c1CCC(CCC(=O)N1CCCCC1)(c1ccccc1)C2. The molecule has 2 aromatic rings. The van der Waals surface area contributed by atoms with Crippen LogP contribution in [0.4, 0.5) is 5.00 Å². The molecule has 2 amide bonds. The first kappa shape index (κ1) is 20.0. The predicted molar refractivity (Wildman–Crippen MR) is 117 cm³/mol. The minimum Gasteiger partial charge on any atom is -0.390 e. The summed E-state index contributed by atoms with van der Waals surface area (Å²) in [7, 11) is 0. The Morgan fingerprint density at radius 2 is 1.83 bits per heavy atom. The molecule has 29 heavy (non-hydrogen) atoms. The normalized spacial score (nSPS) is 21.6. The first-order valence-electron chi connectivity index (χ1n) is 10.5. The number of primary amides is 1. The van der Waals surface area contributed by atoms with E-state index in [9.17, 15) is 9.59 Å². The van der Waals surface area contributed by atoms with Gasteiger partial charge in [0.2, 0.25) is 5.91 Å². The number of likely N-dealkylation sites (tertiary alicyclic amines) is 1. The van der Waals surface area contributed by atoms with Crippen LogP contribution in [-0.2, 0) is 23.1 Å². The molecule has 2 aliphatic rings. The highest BCUT2D eigenvalue weighted by molar-refractivity contribution is 7.16. The first-order chi connectivity index (χ1) is 14.0. The van der Waals surface area contributed by atoms with Gasteiger partial charge in [-0.2, -0.15) is 0 Å². The summed E-state index contributed by atoms with van der Waals surface area (Å²) in [4.78, 5) is 27.9. The van der Waals surface area contributed by atoms with Crippen molar-refractivity contribution in [3.63, 3.8) is 0 Å². The Labute approximate surface area is 176 Å². The fourth-order valence-corrected chi connectivity index (χ4v) is 6.28. The van der Waals surface area contributed by atoms with Gasteiger partial charge >= 0.3 is 0 Å². The van der Waals surface area contributed by atoms with Gasteiger partial charge in [0.15, 0.2) is 0 Å². The van der Waals surface area contributed by atoms with Crippen LogP contribution < -0.4 is 11.5 Å². The highest BCUT2D eigenvalue weighted by atomic mass is 32.1. The minimum atomic E-state index is -0.438. The molecule has 0 bridgehead atoms. The summed E-state index contributed by atoms with van der Waals surface area (Å²) in [6, 6.07) is 10.5. The molecule has 4 rings (SSSR count). The molecule has 154 valence electrons. The van der Waals surface area contributed by atoms with Crippen molar-refractivity contribution in [3.8, 4) is 0 Å². The second kappa shape index (κ2) is 8.19. The minimum absolute atomic E-state index is 0.105. The van der Waals surface area contributed by atoms with E-state index in [0.717, 1.165) is 62.1 Å². The summed E-state index contributed by atoms with van der Waals surface area (Å²) >= 11 is 1.49. The summed E-state index contributed by atoms with van der Waals surface area (Å²) in [6.07, 6.45) is 7.31. The van der Waals surface area contributed by atoms with Crippen molar-refractivity contribution in [2.45, 2.75) is 56.8 Å². The Bertz CT molecular complexity index is 902. The van der Waals surface area contributed by atoms with E-state index in [1.165, 1.54) is 23.3 Å². The number of fused-ring (bicyclic) bond motifs is 1. The molecule has 1 aromatic carbocycles. The number of carbonyl (C=O) groups excluding carboxylic acids is 2. The third kappa shape index (κ3) is 3.90. The number of piperidine rings is 1. The van der Waals surface area contributed by atoms with E-state index in [2.05, 4.69) is 24.3 Å². The first-order valence-corrected chi connectivity index (χ1v) is 11.3. The lowest BCUT2D eigenvalue weighted by Crippen LogP contribution is -2.38. The molecule has 1 saturated heterocycles. The van der Waals surface area contributed by atoms with Gasteiger partial charge in [0.1, 0.15) is 0 Å². The maximum absolute atomic E-state index is 12.9. The zero-order chi connectivity index (χ0) is 20.4. The zero-order valence-electron chi connectivity index (χ0n) is 16.8. The van der Waals surface area contributed by atoms with Crippen molar-refractivity contribution in [1.82, 2.24) is 4.90 Å². The van der Waals surface area contributed by atoms with E-state index in [1.54, 1.807) is 0 Å². The predicted octanol–water partition coefficient (Wildman–Crippen LogP) is 3.65. The van der Waals surface area contributed by atoms with Crippen LogP contribution in [0.2, 0.25) is 0 Å². The molecule has 1 atom stereocenters. The summed E-state index contributed by atoms with van der Waals surface area (Å²) < 4.78 is 0. The molecule has 1 fully saturated rings. The Hall–Kier alpha value is -2.34. The third-order valence-corrected chi connectivity index (χ3v) is 7.69. The molecular formula is C23H29N3O2S. The molecule has 0 radical (unpaired) electrons. The van der Waals surface area contributed by atoms with Gasteiger partial charge in [-0.15, -0.1) is 11.3 Å². The van der Waals surface area contributed by atoms with Gasteiger partial charge in [0.25, 0.3) is 5.91 Å². The number of nitrogen functional groups attached to an aromatic ring is 1. The van der Waals surface area contributed by atoms with Gasteiger partial charge in [-0.3, -0.25) is 9.59 Å². The third-order valence-electron chi connectivity index (χ3n) is 6.63. The average Bonchev–Trinajstić information content (AvgIpc) is 3.08. The van der Waals surface area contributed by atoms with Crippen LogP contribution in [0.3, 0.4) is 0 Å². The van der Waals surface area contributed by atoms with Gasteiger partial charge in [-0.1, -0.05) is 30.3 Å². The smallest absolute Gasteiger partial charge is 0.251 e. The Morgan fingerprint density at radius 1 is 1.10 bits per heavy atom. The van der Waals surface area contributed by atoms with Crippen molar-refractivity contribution in [2.75, 3.05) is 18.8 Å². The molecule has 4 N–H and O–H groups in total. The number of hydrogen-bond donors (Lipinski definition) is 2. The van der Waals surface area contributed by atoms with E-state index >= 15 is 0 Å². The number of thiophene rings is 1. The lowest BCUT2D eigenvalue weighted by Gasteiger charge is -2.38. The van der Waals surface area contributed by atoms with Crippen molar-refractivity contribution in [3.05, 3.63) is 51.9 Å². The standard InChI is InChI=1S/C23H29N3O2S/c24-21(28)20-17-9-11-23(15-18(17)29-22(20)25,16-7-3-1-4-8-16)12-10-19(27)26-13-5-2-6-14-26/h1,3-4,7-8H,2,5-6,9-15,25H2,(H2,24,28). The van der Waals surface area contributed by atoms with Crippen LogP contribution in [0.1, 0.15) is 64.9 Å². The summed E-state index contributed by atoms with van der Waals surface area (Å²) in [5.41, 5.74) is 14.4. The van der Waals surface area contributed by atoms with Gasteiger partial charge in [-0.25, -0.2) is 0 Å². The summed E-state index contributed by atoms with van der Waals surface area (Å²) in [5, 5.41) is 0.524. The van der Waals surface area contributed by atoms with Crippen LogP contribution in [0, 0.1) is 0 Å². The second-order valence-electron chi connectivity index (χ2n) is 8.37. The van der Waals surface area contributed by atoms with Crippen molar-refractivity contribution < 1.29 is 9.59 Å². The van der Waals surface area contributed by atoms with E-state index in [1.807, 2.05) is 11.0 Å². The van der Waals surface area contributed by atoms with Crippen molar-refractivity contribution in [1.29, 1.82) is 0 Å². The lowest BCUT2D eigenvalue weighted by atomic mass is 9.66. The maximum atomic E-state index is 12.9. The number of carbonyl (C=O) groups is 2. The Kier molecular flexibility index (Phi) is 5.63. The molecule has 1 aliphatic heterocycles. The van der Waals surface area contributed by atoms with Crippen LogP contribution in [0.15, 0.2) is 30.3 Å². The Balaban J connectivity index is 1.60. The summed E-state index contributed by atoms with van der Waals surface area (Å²) in [6.45, 7) is 1.79. The van der Waals surface area contributed by atoms with E-state index < -0.39 is 5.91 Å². The largest absolute Gasteiger partial charge is 0.390 e. The van der Waals surface area contributed by atoms with E-state index in [-0.39, 0.29) is 11.3 Å². The van der Waals surface area contributed by atoms with Crippen molar-refractivity contribution in [2.24, 2.45) is 5.73 Å². The molecule has 5 nitrogen and oxygen atoms in total. The van der Waals surface area contributed by atoms with Gasteiger partial charge in [0, 0.05) is 29.8 Å². The van der Waals surface area contributed by atoms with E-state index in [0.29, 0.717) is 17.0 Å².